The predicted molar refractivity (Wildman–Crippen MR) is 66.8 cm³/mol. The number of nitrogens with zero attached hydrogens (tertiary/aromatic N) is 2. The molecule has 0 saturated carbocycles. The van der Waals surface area contributed by atoms with E-state index in [1.165, 1.54) is 0 Å². The topological polar surface area (TPSA) is 60.9 Å². The third kappa shape index (κ3) is 7.74. The zero-order valence-electron chi connectivity index (χ0n) is 11.5. The van der Waals surface area contributed by atoms with E-state index in [0.717, 1.165) is 6.54 Å². The minimum absolute atomic E-state index is 0.00284. The van der Waals surface area contributed by atoms with Crippen LogP contribution in [0, 0.1) is 5.41 Å². The molecule has 17 heavy (non-hydrogen) atoms. The van der Waals surface area contributed by atoms with Crippen LogP contribution in [-0.4, -0.2) is 61.0 Å². The Morgan fingerprint density at radius 2 is 1.59 bits per heavy atom. The van der Waals surface area contributed by atoms with E-state index in [0.29, 0.717) is 6.54 Å². The minimum Gasteiger partial charge on any atom is -0.481 e. The molecule has 1 N–H and O–H groups in total. The number of hydrogen-bond acceptors (Lipinski definition) is 3. The lowest BCUT2D eigenvalue weighted by atomic mass is 9.92. The Kier molecular flexibility index (Phi) is 6.16. The van der Waals surface area contributed by atoms with Gasteiger partial charge in [-0.25, -0.2) is 0 Å². The van der Waals surface area contributed by atoms with E-state index in [2.05, 4.69) is 18.7 Å². The summed E-state index contributed by atoms with van der Waals surface area (Å²) >= 11 is 0. The Balaban J connectivity index is 4.18. The standard InChI is InChI=1S/C12H24N2O3/c1-12(2,8-13(3)4)9-14(5)10(15)6-7-11(16)17/h6-9H2,1-5H3,(H,16,17). The number of carboxylic acid groups (broad SMARTS) is 1. The number of amides is 1. The van der Waals surface area contributed by atoms with Crippen LogP contribution in [0.1, 0.15) is 26.7 Å². The van der Waals surface area contributed by atoms with E-state index in [-0.39, 0.29) is 24.2 Å². The monoisotopic (exact) mass is 244 g/mol. The quantitative estimate of drug-likeness (QED) is 0.722. The molecule has 0 unspecified atom stereocenters. The molecular weight excluding hydrogens is 220 g/mol. The summed E-state index contributed by atoms with van der Waals surface area (Å²) in [6.45, 7) is 5.69. The molecule has 0 atom stereocenters. The zero-order valence-corrected chi connectivity index (χ0v) is 11.5. The van der Waals surface area contributed by atoms with Crippen molar-refractivity contribution in [3.63, 3.8) is 0 Å². The van der Waals surface area contributed by atoms with E-state index < -0.39 is 5.97 Å². The van der Waals surface area contributed by atoms with Gasteiger partial charge in [0.2, 0.25) is 5.91 Å². The first kappa shape index (κ1) is 15.9. The summed E-state index contributed by atoms with van der Waals surface area (Å²) in [5.74, 6) is -1.04. The lowest BCUT2D eigenvalue weighted by Crippen LogP contribution is -2.41. The van der Waals surface area contributed by atoms with E-state index in [1.807, 2.05) is 14.1 Å². The number of carbonyl (C=O) groups excluding carboxylic acids is 1. The molecule has 5 nitrogen and oxygen atoms in total. The van der Waals surface area contributed by atoms with Crippen LogP contribution >= 0.6 is 0 Å². The summed E-state index contributed by atoms with van der Waals surface area (Å²) in [4.78, 5) is 25.7. The first-order valence-corrected chi connectivity index (χ1v) is 5.74. The van der Waals surface area contributed by atoms with Gasteiger partial charge in [-0.05, 0) is 19.5 Å². The molecule has 0 aliphatic carbocycles. The van der Waals surface area contributed by atoms with Gasteiger partial charge in [0.15, 0.2) is 0 Å². The van der Waals surface area contributed by atoms with Gasteiger partial charge in [0, 0.05) is 26.6 Å². The molecule has 0 fully saturated rings. The van der Waals surface area contributed by atoms with Crippen LogP contribution in [0.3, 0.4) is 0 Å². The molecule has 0 rings (SSSR count). The Hall–Kier alpha value is -1.10. The van der Waals surface area contributed by atoms with Crippen molar-refractivity contribution >= 4 is 11.9 Å². The van der Waals surface area contributed by atoms with E-state index >= 15 is 0 Å². The van der Waals surface area contributed by atoms with Crippen LogP contribution in [-0.2, 0) is 9.59 Å². The fourth-order valence-electron chi connectivity index (χ4n) is 2.04. The highest BCUT2D eigenvalue weighted by molar-refractivity contribution is 5.80. The fourth-order valence-corrected chi connectivity index (χ4v) is 2.04. The molecule has 0 aromatic carbocycles. The molecule has 5 heteroatoms. The van der Waals surface area contributed by atoms with Gasteiger partial charge in [-0.3, -0.25) is 9.59 Å². The highest BCUT2D eigenvalue weighted by Gasteiger charge is 2.23. The largest absolute Gasteiger partial charge is 0.481 e. The Bertz CT molecular complexity index is 275. The number of rotatable bonds is 7. The van der Waals surface area contributed by atoms with Crippen LogP contribution in [0.4, 0.5) is 0 Å². The molecule has 0 aliphatic heterocycles. The fraction of sp³-hybridized carbons (Fsp3) is 0.833. The second-order valence-electron chi connectivity index (χ2n) is 5.55. The molecule has 0 aromatic rings. The molecule has 0 aliphatic rings. The highest BCUT2D eigenvalue weighted by atomic mass is 16.4. The van der Waals surface area contributed by atoms with Gasteiger partial charge in [0.05, 0.1) is 6.42 Å². The molecule has 0 saturated heterocycles. The summed E-state index contributed by atoms with van der Waals surface area (Å²) in [7, 11) is 5.71. The number of hydrogen-bond donors (Lipinski definition) is 1. The van der Waals surface area contributed by atoms with Gasteiger partial charge in [0.25, 0.3) is 0 Å². The van der Waals surface area contributed by atoms with E-state index in [1.54, 1.807) is 11.9 Å². The second kappa shape index (κ2) is 6.59. The summed E-state index contributed by atoms with van der Waals surface area (Å²) in [6.07, 6.45) is -0.0266. The lowest BCUT2D eigenvalue weighted by molar-refractivity contribution is -0.140. The normalized spacial score (nSPS) is 11.6. The molecule has 0 aromatic heterocycles. The molecule has 0 heterocycles. The molecule has 0 bridgehead atoms. The third-order valence-corrected chi connectivity index (χ3v) is 2.39. The van der Waals surface area contributed by atoms with Gasteiger partial charge in [-0.15, -0.1) is 0 Å². The van der Waals surface area contributed by atoms with Gasteiger partial charge < -0.3 is 14.9 Å². The first-order valence-electron chi connectivity index (χ1n) is 5.74. The highest BCUT2D eigenvalue weighted by Crippen LogP contribution is 2.17. The van der Waals surface area contributed by atoms with E-state index in [4.69, 9.17) is 5.11 Å². The maximum absolute atomic E-state index is 11.7. The van der Waals surface area contributed by atoms with Gasteiger partial charge in [-0.1, -0.05) is 13.8 Å². The molecule has 1 amide bonds. The number of carboxylic acids is 1. The van der Waals surface area contributed by atoms with Gasteiger partial charge >= 0.3 is 5.97 Å². The van der Waals surface area contributed by atoms with Crippen LogP contribution in [0.5, 0.6) is 0 Å². The third-order valence-electron chi connectivity index (χ3n) is 2.39. The Morgan fingerprint density at radius 3 is 2.00 bits per heavy atom. The first-order chi connectivity index (χ1) is 7.64. The summed E-state index contributed by atoms with van der Waals surface area (Å²) in [5, 5.41) is 8.52. The molecule has 0 spiro atoms. The molecule has 0 radical (unpaired) electrons. The van der Waals surface area contributed by atoms with Crippen LogP contribution in [0.25, 0.3) is 0 Å². The smallest absolute Gasteiger partial charge is 0.303 e. The van der Waals surface area contributed by atoms with Gasteiger partial charge in [-0.2, -0.15) is 0 Å². The van der Waals surface area contributed by atoms with Crippen molar-refractivity contribution in [2.75, 3.05) is 34.2 Å². The van der Waals surface area contributed by atoms with Gasteiger partial charge in [0.1, 0.15) is 0 Å². The molecule has 100 valence electrons. The van der Waals surface area contributed by atoms with Crippen LogP contribution in [0.2, 0.25) is 0 Å². The van der Waals surface area contributed by atoms with Crippen LogP contribution < -0.4 is 0 Å². The average molecular weight is 244 g/mol. The minimum atomic E-state index is -0.931. The summed E-state index contributed by atoms with van der Waals surface area (Å²) in [6, 6.07) is 0. The van der Waals surface area contributed by atoms with Crippen molar-refractivity contribution in [1.82, 2.24) is 9.80 Å². The lowest BCUT2D eigenvalue weighted by Gasteiger charge is -2.32. The predicted octanol–water partition coefficient (Wildman–Crippen LogP) is 0.897. The Labute approximate surface area is 103 Å². The van der Waals surface area contributed by atoms with Crippen LogP contribution in [0.15, 0.2) is 0 Å². The SMILES string of the molecule is CN(C)CC(C)(C)CN(C)C(=O)CCC(=O)O. The number of aliphatic carboxylic acids is 1. The second-order valence-corrected chi connectivity index (χ2v) is 5.55. The Morgan fingerprint density at radius 1 is 1.06 bits per heavy atom. The number of carbonyl (C=O) groups is 2. The molecular formula is C12H24N2O3. The van der Waals surface area contributed by atoms with Crippen molar-refractivity contribution in [2.45, 2.75) is 26.7 Å². The maximum atomic E-state index is 11.7. The average Bonchev–Trinajstić information content (AvgIpc) is 2.10. The maximum Gasteiger partial charge on any atom is 0.303 e. The zero-order chi connectivity index (χ0) is 13.6. The van der Waals surface area contributed by atoms with Crippen molar-refractivity contribution in [3.8, 4) is 0 Å². The van der Waals surface area contributed by atoms with Crippen molar-refractivity contribution in [1.29, 1.82) is 0 Å². The summed E-state index contributed by atoms with van der Waals surface area (Å²) in [5.41, 5.74) is -0.00284. The van der Waals surface area contributed by atoms with Crippen molar-refractivity contribution < 1.29 is 14.7 Å². The van der Waals surface area contributed by atoms with E-state index in [9.17, 15) is 9.59 Å². The van der Waals surface area contributed by atoms with Crippen molar-refractivity contribution in [2.24, 2.45) is 5.41 Å². The van der Waals surface area contributed by atoms with Crippen molar-refractivity contribution in [3.05, 3.63) is 0 Å². The summed E-state index contributed by atoms with van der Waals surface area (Å²) < 4.78 is 0.